The fourth-order valence-corrected chi connectivity index (χ4v) is 2.24. The van der Waals surface area contributed by atoms with Gasteiger partial charge in [-0.1, -0.05) is 13.8 Å². The van der Waals surface area contributed by atoms with Crippen LogP contribution in [0.1, 0.15) is 51.4 Å². The highest BCUT2D eigenvalue weighted by atomic mass is 16.6. The van der Waals surface area contributed by atoms with Crippen molar-refractivity contribution in [3.63, 3.8) is 0 Å². The minimum Gasteiger partial charge on any atom is -0.458 e. The quantitative estimate of drug-likeness (QED) is 0.434. The molecule has 27 heavy (non-hydrogen) atoms. The van der Waals surface area contributed by atoms with Crippen molar-refractivity contribution in [3.8, 4) is 0 Å². The predicted molar refractivity (Wildman–Crippen MR) is 96.3 cm³/mol. The first-order chi connectivity index (χ1) is 12.3. The number of nitrogens with zero attached hydrogens (tertiary/aromatic N) is 2. The molecular formula is C17H23N3O7. The maximum atomic E-state index is 12.5. The van der Waals surface area contributed by atoms with Crippen LogP contribution >= 0.6 is 0 Å². The smallest absolute Gasteiger partial charge is 0.329 e. The molecule has 1 amide bonds. The van der Waals surface area contributed by atoms with Crippen LogP contribution < -0.4 is 5.32 Å². The molecule has 1 aromatic rings. The van der Waals surface area contributed by atoms with Gasteiger partial charge in [-0.25, -0.2) is 4.79 Å². The second-order valence-corrected chi connectivity index (χ2v) is 7.44. The third-order valence-corrected chi connectivity index (χ3v) is 3.29. The van der Waals surface area contributed by atoms with Crippen LogP contribution in [0.4, 0.5) is 11.4 Å². The van der Waals surface area contributed by atoms with Crippen LogP contribution in [0, 0.1) is 26.1 Å². The van der Waals surface area contributed by atoms with Crippen LogP contribution in [0.3, 0.4) is 0 Å². The van der Waals surface area contributed by atoms with E-state index in [2.05, 4.69) is 5.32 Å². The number of nitrogens with one attached hydrogen (secondary N) is 1. The minimum absolute atomic E-state index is 0.0438. The first kappa shape index (κ1) is 22.0. The van der Waals surface area contributed by atoms with Crippen LogP contribution in [-0.2, 0) is 9.53 Å². The molecule has 0 fully saturated rings. The summed E-state index contributed by atoms with van der Waals surface area (Å²) in [6, 6.07) is 1.61. The van der Waals surface area contributed by atoms with Crippen molar-refractivity contribution < 1.29 is 24.2 Å². The van der Waals surface area contributed by atoms with E-state index < -0.39 is 44.7 Å². The maximum Gasteiger partial charge on any atom is 0.329 e. The van der Waals surface area contributed by atoms with Crippen LogP contribution in [0.15, 0.2) is 18.2 Å². The van der Waals surface area contributed by atoms with E-state index in [1.54, 1.807) is 20.8 Å². The molecule has 1 N–H and O–H groups in total. The molecule has 148 valence electrons. The largest absolute Gasteiger partial charge is 0.458 e. The van der Waals surface area contributed by atoms with E-state index in [4.69, 9.17) is 4.74 Å². The summed E-state index contributed by atoms with van der Waals surface area (Å²) in [6.45, 7) is 8.75. The molecule has 10 heteroatoms. The fraction of sp³-hybridized carbons (Fsp3) is 0.529. The van der Waals surface area contributed by atoms with E-state index in [-0.39, 0.29) is 17.9 Å². The second-order valence-electron chi connectivity index (χ2n) is 7.44. The standard InChI is InChI=1S/C17H23N3O7/c1-10(2)6-14(16(22)27-17(3,4)5)18-15(21)11-7-12(19(23)24)9-13(8-11)20(25)26/h7-10,14H,6H2,1-5H3,(H,18,21)/t14-/m0/s1. The van der Waals surface area contributed by atoms with E-state index in [0.717, 1.165) is 18.2 Å². The highest BCUT2D eigenvalue weighted by Crippen LogP contribution is 2.23. The van der Waals surface area contributed by atoms with Crippen molar-refractivity contribution in [2.45, 2.75) is 52.7 Å². The van der Waals surface area contributed by atoms with Crippen molar-refractivity contribution in [1.29, 1.82) is 0 Å². The average molecular weight is 381 g/mol. The Labute approximate surface area is 156 Å². The first-order valence-electron chi connectivity index (χ1n) is 8.27. The fourth-order valence-electron chi connectivity index (χ4n) is 2.24. The van der Waals surface area contributed by atoms with Crippen LogP contribution in [0.5, 0.6) is 0 Å². The van der Waals surface area contributed by atoms with Gasteiger partial charge >= 0.3 is 5.97 Å². The summed E-state index contributed by atoms with van der Waals surface area (Å²) in [4.78, 5) is 45.1. The average Bonchev–Trinajstić information content (AvgIpc) is 2.51. The third-order valence-electron chi connectivity index (χ3n) is 3.29. The molecule has 0 aromatic heterocycles. The van der Waals surface area contributed by atoms with Gasteiger partial charge in [-0.15, -0.1) is 0 Å². The third kappa shape index (κ3) is 7.00. The topological polar surface area (TPSA) is 142 Å². The van der Waals surface area contributed by atoms with Crippen molar-refractivity contribution >= 4 is 23.3 Å². The molecule has 0 aliphatic heterocycles. The highest BCUT2D eigenvalue weighted by molar-refractivity contribution is 5.98. The normalized spacial score (nSPS) is 12.4. The van der Waals surface area contributed by atoms with Gasteiger partial charge in [0.1, 0.15) is 11.6 Å². The van der Waals surface area contributed by atoms with Crippen molar-refractivity contribution in [1.82, 2.24) is 5.32 Å². The molecule has 0 radical (unpaired) electrons. The van der Waals surface area contributed by atoms with Crippen molar-refractivity contribution in [2.75, 3.05) is 0 Å². The molecule has 0 unspecified atom stereocenters. The lowest BCUT2D eigenvalue weighted by atomic mass is 10.0. The van der Waals surface area contributed by atoms with E-state index in [1.165, 1.54) is 0 Å². The number of nitro benzene ring substituents is 2. The summed E-state index contributed by atoms with van der Waals surface area (Å²) in [5.74, 6) is -1.44. The summed E-state index contributed by atoms with van der Waals surface area (Å²) in [5.41, 5.74) is -2.23. The van der Waals surface area contributed by atoms with Gasteiger partial charge in [0, 0.05) is 12.1 Å². The molecule has 0 saturated heterocycles. The van der Waals surface area contributed by atoms with Crippen LogP contribution in [0.2, 0.25) is 0 Å². The number of hydrogen-bond acceptors (Lipinski definition) is 7. The van der Waals surface area contributed by atoms with E-state index in [1.807, 2.05) is 13.8 Å². The lowest BCUT2D eigenvalue weighted by Crippen LogP contribution is -2.45. The predicted octanol–water partition coefficient (Wildman–Crippen LogP) is 2.99. The number of ether oxygens (including phenoxy) is 1. The first-order valence-corrected chi connectivity index (χ1v) is 8.27. The van der Waals surface area contributed by atoms with Gasteiger partial charge in [-0.2, -0.15) is 0 Å². The number of carbonyl (C=O) groups is 2. The molecule has 1 rings (SSSR count). The zero-order chi connectivity index (χ0) is 20.9. The van der Waals surface area contributed by atoms with Gasteiger partial charge in [0.2, 0.25) is 0 Å². The van der Waals surface area contributed by atoms with Crippen LogP contribution in [0.25, 0.3) is 0 Å². The second kappa shape index (κ2) is 8.56. The number of esters is 1. The van der Waals surface area contributed by atoms with Crippen molar-refractivity contribution in [2.24, 2.45) is 5.92 Å². The lowest BCUT2D eigenvalue weighted by molar-refractivity contribution is -0.394. The van der Waals surface area contributed by atoms with E-state index >= 15 is 0 Å². The Hall–Kier alpha value is -3.04. The molecule has 0 aliphatic rings. The molecule has 0 aliphatic carbocycles. The molecule has 0 spiro atoms. The molecule has 0 bridgehead atoms. The Kier molecular flexibility index (Phi) is 6.98. The molecule has 1 aromatic carbocycles. The SMILES string of the molecule is CC(C)C[C@H](NC(=O)c1cc([N+](=O)[O-])cc([N+](=O)[O-])c1)C(=O)OC(C)(C)C. The summed E-state index contributed by atoms with van der Waals surface area (Å²) in [7, 11) is 0. The number of hydrogen-bond donors (Lipinski definition) is 1. The van der Waals surface area contributed by atoms with Gasteiger partial charge in [0.15, 0.2) is 0 Å². The number of benzene rings is 1. The molecule has 10 nitrogen and oxygen atoms in total. The Morgan fingerprint density at radius 2 is 1.56 bits per heavy atom. The Morgan fingerprint density at radius 1 is 1.07 bits per heavy atom. The monoisotopic (exact) mass is 381 g/mol. The Balaban J connectivity index is 3.15. The van der Waals surface area contributed by atoms with Gasteiger partial charge in [-0.3, -0.25) is 25.0 Å². The van der Waals surface area contributed by atoms with E-state index in [9.17, 15) is 29.8 Å². The molecule has 0 heterocycles. The van der Waals surface area contributed by atoms with E-state index in [0.29, 0.717) is 0 Å². The Morgan fingerprint density at radius 3 is 1.93 bits per heavy atom. The summed E-state index contributed by atoms with van der Waals surface area (Å²) < 4.78 is 5.29. The van der Waals surface area contributed by atoms with Gasteiger partial charge in [0.25, 0.3) is 17.3 Å². The van der Waals surface area contributed by atoms with Crippen LogP contribution in [-0.4, -0.2) is 33.4 Å². The summed E-state index contributed by atoms with van der Waals surface area (Å²) >= 11 is 0. The van der Waals surface area contributed by atoms with Gasteiger partial charge in [-0.05, 0) is 33.1 Å². The highest BCUT2D eigenvalue weighted by Gasteiger charge is 2.29. The number of nitro groups is 2. The molecular weight excluding hydrogens is 358 g/mol. The number of amides is 1. The maximum absolute atomic E-state index is 12.5. The van der Waals surface area contributed by atoms with Crippen molar-refractivity contribution in [3.05, 3.63) is 44.0 Å². The number of rotatable bonds is 7. The number of carbonyl (C=O) groups excluding carboxylic acids is 2. The summed E-state index contributed by atoms with van der Waals surface area (Å²) in [5, 5.41) is 24.4. The Bertz CT molecular complexity index is 721. The molecule has 0 saturated carbocycles. The summed E-state index contributed by atoms with van der Waals surface area (Å²) in [6.07, 6.45) is 0.275. The zero-order valence-corrected chi connectivity index (χ0v) is 15.8. The lowest BCUT2D eigenvalue weighted by Gasteiger charge is -2.25. The van der Waals surface area contributed by atoms with Gasteiger partial charge in [0.05, 0.1) is 21.5 Å². The minimum atomic E-state index is -0.991. The number of non-ortho nitro benzene ring substituents is 2. The molecule has 1 atom stereocenters. The zero-order valence-electron chi connectivity index (χ0n) is 15.8. The van der Waals surface area contributed by atoms with Gasteiger partial charge < -0.3 is 10.1 Å².